The van der Waals surface area contributed by atoms with E-state index >= 15 is 0 Å². The summed E-state index contributed by atoms with van der Waals surface area (Å²) in [6.45, 7) is 4.74. The number of nitrogens with zero attached hydrogens (tertiary/aromatic N) is 1. The lowest BCUT2D eigenvalue weighted by atomic mass is 10.2. The summed E-state index contributed by atoms with van der Waals surface area (Å²) in [6.07, 6.45) is -0.459. The second-order valence-electron chi connectivity index (χ2n) is 3.08. The van der Waals surface area contributed by atoms with Crippen LogP contribution in [-0.2, 0) is 19.1 Å². The molecule has 5 heteroatoms. The predicted molar refractivity (Wildman–Crippen MR) is 47.0 cm³/mol. The molecule has 0 fully saturated rings. The second kappa shape index (κ2) is 5.22. The molecule has 0 amide bonds. The molecule has 0 aliphatic rings. The third kappa shape index (κ3) is 5.14. The maximum Gasteiger partial charge on any atom is 0.318 e. The van der Waals surface area contributed by atoms with Crippen LogP contribution in [0, 0.1) is 11.3 Å². The highest BCUT2D eigenvalue weighted by Crippen LogP contribution is 2.08. The van der Waals surface area contributed by atoms with Gasteiger partial charge in [0.25, 0.3) is 0 Å². The maximum absolute atomic E-state index is 11.0. The third-order valence-corrected chi connectivity index (χ3v) is 1.23. The minimum Gasteiger partial charge on any atom is -0.466 e. The van der Waals surface area contributed by atoms with Gasteiger partial charge in [-0.2, -0.15) is 5.26 Å². The summed E-state index contributed by atoms with van der Waals surface area (Å²) < 4.78 is 9.24. The van der Waals surface area contributed by atoms with E-state index in [2.05, 4.69) is 4.74 Å². The first kappa shape index (κ1) is 12.4. The van der Waals surface area contributed by atoms with Gasteiger partial charge in [0.2, 0.25) is 0 Å². The number of hydrogen-bond donors (Lipinski definition) is 0. The minimum atomic E-state index is -1.20. The number of ether oxygens (including phenoxy) is 2. The monoisotopic (exact) mass is 199 g/mol. The van der Waals surface area contributed by atoms with Crippen LogP contribution < -0.4 is 0 Å². The zero-order chi connectivity index (χ0) is 11.2. The Balaban J connectivity index is 4.01. The minimum absolute atomic E-state index is 0.216. The first-order valence-electron chi connectivity index (χ1n) is 4.20. The fourth-order valence-electron chi connectivity index (χ4n) is 0.673. The molecular weight excluding hydrogens is 186 g/mol. The Labute approximate surface area is 82.6 Å². The standard InChI is InChI=1S/C9H13NO4/c1-4-13-7(11)5-8(12)14-9(2,3)6-10/h4-5H2,1-3H3. The van der Waals surface area contributed by atoms with Crippen LogP contribution >= 0.6 is 0 Å². The molecule has 0 aliphatic heterocycles. The molecule has 0 aromatic carbocycles. The van der Waals surface area contributed by atoms with E-state index in [-0.39, 0.29) is 6.61 Å². The van der Waals surface area contributed by atoms with Gasteiger partial charge in [0.15, 0.2) is 5.60 Å². The predicted octanol–water partition coefficient (Wildman–Crippen LogP) is 0.785. The van der Waals surface area contributed by atoms with E-state index in [0.29, 0.717) is 0 Å². The molecule has 5 nitrogen and oxygen atoms in total. The Morgan fingerprint density at radius 3 is 2.36 bits per heavy atom. The Bertz CT molecular complexity index is 264. The molecule has 0 spiro atoms. The Morgan fingerprint density at radius 2 is 1.93 bits per heavy atom. The highest BCUT2D eigenvalue weighted by Gasteiger charge is 2.23. The zero-order valence-corrected chi connectivity index (χ0v) is 8.49. The van der Waals surface area contributed by atoms with Crippen molar-refractivity contribution in [3.8, 4) is 6.07 Å². The van der Waals surface area contributed by atoms with Gasteiger partial charge in [0, 0.05) is 0 Å². The number of rotatable bonds is 4. The van der Waals surface area contributed by atoms with Crippen molar-refractivity contribution in [2.75, 3.05) is 6.61 Å². The average molecular weight is 199 g/mol. The molecule has 0 saturated carbocycles. The van der Waals surface area contributed by atoms with E-state index in [9.17, 15) is 9.59 Å². The molecule has 0 rings (SSSR count). The van der Waals surface area contributed by atoms with Crippen molar-refractivity contribution in [3.63, 3.8) is 0 Å². The fraction of sp³-hybridized carbons (Fsp3) is 0.667. The van der Waals surface area contributed by atoms with Crippen molar-refractivity contribution < 1.29 is 19.1 Å². The van der Waals surface area contributed by atoms with Gasteiger partial charge in [-0.3, -0.25) is 9.59 Å². The normalized spacial score (nSPS) is 10.1. The van der Waals surface area contributed by atoms with Gasteiger partial charge in [0.05, 0.1) is 6.61 Å². The van der Waals surface area contributed by atoms with Crippen molar-refractivity contribution in [2.45, 2.75) is 32.8 Å². The largest absolute Gasteiger partial charge is 0.466 e. The number of hydrogen-bond acceptors (Lipinski definition) is 5. The smallest absolute Gasteiger partial charge is 0.318 e. The molecule has 0 atom stereocenters. The van der Waals surface area contributed by atoms with Crippen molar-refractivity contribution in [2.24, 2.45) is 0 Å². The summed E-state index contributed by atoms with van der Waals surface area (Å²) in [4.78, 5) is 21.9. The maximum atomic E-state index is 11.0. The van der Waals surface area contributed by atoms with Gasteiger partial charge in [-0.15, -0.1) is 0 Å². The molecule has 14 heavy (non-hydrogen) atoms. The quantitative estimate of drug-likeness (QED) is 0.494. The molecule has 0 aromatic rings. The van der Waals surface area contributed by atoms with Gasteiger partial charge >= 0.3 is 11.9 Å². The van der Waals surface area contributed by atoms with Crippen molar-refractivity contribution in [1.29, 1.82) is 5.26 Å². The molecule has 0 bridgehead atoms. The van der Waals surface area contributed by atoms with Gasteiger partial charge in [0.1, 0.15) is 12.5 Å². The molecule has 0 aromatic heterocycles. The SMILES string of the molecule is CCOC(=O)CC(=O)OC(C)(C)C#N. The topological polar surface area (TPSA) is 76.4 Å². The van der Waals surface area contributed by atoms with Crippen LogP contribution in [0.4, 0.5) is 0 Å². The molecule has 0 saturated heterocycles. The van der Waals surface area contributed by atoms with E-state index in [0.717, 1.165) is 0 Å². The highest BCUT2D eigenvalue weighted by molar-refractivity contribution is 5.91. The number of esters is 2. The number of carbonyl (C=O) groups is 2. The molecule has 0 aliphatic carbocycles. The Morgan fingerprint density at radius 1 is 1.36 bits per heavy atom. The van der Waals surface area contributed by atoms with E-state index < -0.39 is 24.0 Å². The van der Waals surface area contributed by atoms with Crippen LogP contribution in [0.2, 0.25) is 0 Å². The van der Waals surface area contributed by atoms with Gasteiger partial charge in [-0.05, 0) is 20.8 Å². The van der Waals surface area contributed by atoms with Gasteiger partial charge in [-0.1, -0.05) is 0 Å². The van der Waals surface area contributed by atoms with Crippen molar-refractivity contribution in [1.82, 2.24) is 0 Å². The van der Waals surface area contributed by atoms with E-state index in [1.54, 1.807) is 13.0 Å². The third-order valence-electron chi connectivity index (χ3n) is 1.23. The van der Waals surface area contributed by atoms with E-state index in [4.69, 9.17) is 10.00 Å². The summed E-state index contributed by atoms with van der Waals surface area (Å²) in [6, 6.07) is 1.78. The van der Waals surface area contributed by atoms with Crippen LogP contribution in [-0.4, -0.2) is 24.1 Å². The Hall–Kier alpha value is -1.57. The molecule has 0 unspecified atom stereocenters. The molecule has 0 radical (unpaired) electrons. The van der Waals surface area contributed by atoms with Gasteiger partial charge in [-0.25, -0.2) is 0 Å². The summed E-state index contributed by atoms with van der Waals surface area (Å²) in [7, 11) is 0. The van der Waals surface area contributed by atoms with Crippen LogP contribution in [0.3, 0.4) is 0 Å². The summed E-state index contributed by atoms with van der Waals surface area (Å²) in [5.74, 6) is -1.40. The lowest BCUT2D eigenvalue weighted by molar-refractivity contribution is -0.159. The van der Waals surface area contributed by atoms with Crippen molar-refractivity contribution >= 4 is 11.9 Å². The van der Waals surface area contributed by atoms with Crippen LogP contribution in [0.15, 0.2) is 0 Å². The first-order valence-corrected chi connectivity index (χ1v) is 4.20. The van der Waals surface area contributed by atoms with Crippen LogP contribution in [0.25, 0.3) is 0 Å². The fourth-order valence-corrected chi connectivity index (χ4v) is 0.673. The lowest BCUT2D eigenvalue weighted by Crippen LogP contribution is -2.27. The Kier molecular flexibility index (Phi) is 4.64. The van der Waals surface area contributed by atoms with Crippen LogP contribution in [0.1, 0.15) is 27.2 Å². The van der Waals surface area contributed by atoms with Gasteiger partial charge < -0.3 is 9.47 Å². The summed E-state index contributed by atoms with van der Waals surface area (Å²) in [5.41, 5.74) is -1.20. The molecule has 0 N–H and O–H groups in total. The van der Waals surface area contributed by atoms with E-state index in [1.165, 1.54) is 13.8 Å². The van der Waals surface area contributed by atoms with Crippen LogP contribution in [0.5, 0.6) is 0 Å². The first-order chi connectivity index (χ1) is 6.41. The molecular formula is C9H13NO4. The lowest BCUT2D eigenvalue weighted by Gasteiger charge is -2.15. The number of carbonyl (C=O) groups excluding carboxylic acids is 2. The van der Waals surface area contributed by atoms with E-state index in [1.807, 2.05) is 0 Å². The molecule has 78 valence electrons. The summed E-state index contributed by atoms with van der Waals surface area (Å²) in [5, 5.41) is 8.54. The summed E-state index contributed by atoms with van der Waals surface area (Å²) >= 11 is 0. The second-order valence-corrected chi connectivity index (χ2v) is 3.08. The highest BCUT2D eigenvalue weighted by atomic mass is 16.6. The zero-order valence-electron chi connectivity index (χ0n) is 8.49. The van der Waals surface area contributed by atoms with Crippen molar-refractivity contribution in [3.05, 3.63) is 0 Å². The average Bonchev–Trinajstić information content (AvgIpc) is 2.03. The number of nitriles is 1. The molecule has 0 heterocycles.